The first-order chi connectivity index (χ1) is 7.02. The fourth-order valence-corrected chi connectivity index (χ4v) is 1.09. The monoisotopic (exact) mass is 217 g/mol. The Morgan fingerprint density at radius 1 is 1.13 bits per heavy atom. The van der Waals surface area contributed by atoms with Gasteiger partial charge in [0.25, 0.3) is 0 Å². The van der Waals surface area contributed by atoms with Gasteiger partial charge >= 0.3 is 11.9 Å². The molecule has 0 radical (unpaired) electrons. The molecule has 5 nitrogen and oxygen atoms in total. The van der Waals surface area contributed by atoms with Crippen LogP contribution in [0.15, 0.2) is 0 Å². The molecular weight excluding hydrogens is 198 g/mol. The van der Waals surface area contributed by atoms with Crippen LogP contribution in [0.3, 0.4) is 0 Å². The van der Waals surface area contributed by atoms with Gasteiger partial charge in [0.1, 0.15) is 6.04 Å². The smallest absolute Gasteiger partial charge is 0.323 e. The highest BCUT2D eigenvalue weighted by atomic mass is 16.5. The standard InChI is InChI=1S/C10H19NO4/c1-5-14-9(12)7-8(11(3)4)10(13)15-6-2/h8H,5-7H2,1-4H3/t8-/m0/s1. The van der Waals surface area contributed by atoms with E-state index in [0.717, 1.165) is 0 Å². The quantitative estimate of drug-likeness (QED) is 0.604. The number of carbonyl (C=O) groups excluding carboxylic acids is 2. The van der Waals surface area contributed by atoms with Crippen molar-refractivity contribution in [2.45, 2.75) is 26.3 Å². The predicted molar refractivity (Wildman–Crippen MR) is 55.4 cm³/mol. The minimum atomic E-state index is -0.566. The average Bonchev–Trinajstić information content (AvgIpc) is 2.14. The Morgan fingerprint density at radius 3 is 2.07 bits per heavy atom. The van der Waals surface area contributed by atoms with Crippen LogP contribution in [0.1, 0.15) is 20.3 Å². The summed E-state index contributed by atoms with van der Waals surface area (Å²) in [7, 11) is 3.45. The fourth-order valence-electron chi connectivity index (χ4n) is 1.09. The molecule has 0 fully saturated rings. The van der Waals surface area contributed by atoms with Gasteiger partial charge in [0.05, 0.1) is 19.6 Å². The molecule has 0 heterocycles. The second kappa shape index (κ2) is 7.23. The third kappa shape index (κ3) is 5.37. The number of likely N-dealkylation sites (N-methyl/N-ethyl adjacent to an activating group) is 1. The molecule has 0 aromatic heterocycles. The van der Waals surface area contributed by atoms with Crippen molar-refractivity contribution in [1.29, 1.82) is 0 Å². The molecule has 0 aromatic carbocycles. The summed E-state index contributed by atoms with van der Waals surface area (Å²) in [5.41, 5.74) is 0. The number of hydrogen-bond acceptors (Lipinski definition) is 5. The zero-order chi connectivity index (χ0) is 11.8. The van der Waals surface area contributed by atoms with E-state index in [1.54, 1.807) is 32.8 Å². The second-order valence-corrected chi connectivity index (χ2v) is 3.24. The largest absolute Gasteiger partial charge is 0.466 e. The van der Waals surface area contributed by atoms with Crippen LogP contribution in [0, 0.1) is 0 Å². The molecule has 1 atom stereocenters. The highest BCUT2D eigenvalue weighted by Crippen LogP contribution is 2.04. The van der Waals surface area contributed by atoms with E-state index < -0.39 is 12.0 Å². The van der Waals surface area contributed by atoms with Gasteiger partial charge in [-0.3, -0.25) is 14.5 Å². The zero-order valence-corrected chi connectivity index (χ0v) is 9.78. The summed E-state index contributed by atoms with van der Waals surface area (Å²) in [6.45, 7) is 4.09. The van der Waals surface area contributed by atoms with E-state index in [2.05, 4.69) is 0 Å². The highest BCUT2D eigenvalue weighted by Gasteiger charge is 2.25. The summed E-state index contributed by atoms with van der Waals surface area (Å²) in [6.07, 6.45) is 0.0275. The van der Waals surface area contributed by atoms with Gasteiger partial charge in [0, 0.05) is 0 Å². The van der Waals surface area contributed by atoms with E-state index in [0.29, 0.717) is 13.2 Å². The SMILES string of the molecule is CCOC(=O)C[C@@H](C(=O)OCC)N(C)C. The van der Waals surface area contributed by atoms with E-state index >= 15 is 0 Å². The average molecular weight is 217 g/mol. The molecule has 0 aromatic rings. The lowest BCUT2D eigenvalue weighted by Gasteiger charge is -2.21. The van der Waals surface area contributed by atoms with Gasteiger partial charge < -0.3 is 9.47 Å². The molecule has 0 bridgehead atoms. The van der Waals surface area contributed by atoms with Gasteiger partial charge in [0.2, 0.25) is 0 Å². The van der Waals surface area contributed by atoms with E-state index in [9.17, 15) is 9.59 Å². The molecule has 0 aliphatic rings. The number of nitrogens with zero attached hydrogens (tertiary/aromatic N) is 1. The molecule has 0 saturated heterocycles. The van der Waals surface area contributed by atoms with Crippen LogP contribution in [0.25, 0.3) is 0 Å². The van der Waals surface area contributed by atoms with Crippen molar-refractivity contribution < 1.29 is 19.1 Å². The summed E-state index contributed by atoms with van der Waals surface area (Å²) < 4.78 is 9.63. The maximum atomic E-state index is 11.5. The number of rotatable bonds is 6. The molecule has 0 saturated carbocycles. The number of ether oxygens (including phenoxy) is 2. The van der Waals surface area contributed by atoms with Gasteiger partial charge in [-0.05, 0) is 27.9 Å². The van der Waals surface area contributed by atoms with Crippen molar-refractivity contribution in [2.75, 3.05) is 27.3 Å². The predicted octanol–water partition coefficient (Wildman–Crippen LogP) is 0.433. The first-order valence-corrected chi connectivity index (χ1v) is 5.01. The van der Waals surface area contributed by atoms with Crippen LogP contribution in [0.4, 0.5) is 0 Å². The molecule has 0 unspecified atom stereocenters. The third-order valence-corrected chi connectivity index (χ3v) is 1.85. The third-order valence-electron chi connectivity index (χ3n) is 1.85. The highest BCUT2D eigenvalue weighted by molar-refractivity contribution is 5.82. The lowest BCUT2D eigenvalue weighted by molar-refractivity contribution is -0.155. The summed E-state index contributed by atoms with van der Waals surface area (Å²) in [4.78, 5) is 24.3. The lowest BCUT2D eigenvalue weighted by atomic mass is 10.2. The van der Waals surface area contributed by atoms with Crippen LogP contribution < -0.4 is 0 Å². The van der Waals surface area contributed by atoms with Crippen molar-refractivity contribution in [1.82, 2.24) is 4.90 Å². The van der Waals surface area contributed by atoms with Gasteiger partial charge in [0.15, 0.2) is 0 Å². The lowest BCUT2D eigenvalue weighted by Crippen LogP contribution is -2.39. The molecule has 0 aliphatic carbocycles. The van der Waals surface area contributed by atoms with Crippen LogP contribution >= 0.6 is 0 Å². The van der Waals surface area contributed by atoms with E-state index in [-0.39, 0.29) is 12.4 Å². The maximum Gasteiger partial charge on any atom is 0.323 e. The first kappa shape index (κ1) is 13.9. The maximum absolute atomic E-state index is 11.5. The molecule has 0 spiro atoms. The summed E-state index contributed by atoms with van der Waals surface area (Å²) in [5, 5.41) is 0. The van der Waals surface area contributed by atoms with Crippen molar-refractivity contribution in [2.24, 2.45) is 0 Å². The van der Waals surface area contributed by atoms with Crippen molar-refractivity contribution in [3.63, 3.8) is 0 Å². The minimum absolute atomic E-state index is 0.0275. The minimum Gasteiger partial charge on any atom is -0.466 e. The molecule has 15 heavy (non-hydrogen) atoms. The molecule has 0 aliphatic heterocycles. The molecular formula is C10H19NO4. The van der Waals surface area contributed by atoms with Crippen molar-refractivity contribution >= 4 is 11.9 Å². The van der Waals surface area contributed by atoms with Crippen LogP contribution in [0.2, 0.25) is 0 Å². The first-order valence-electron chi connectivity index (χ1n) is 5.01. The number of hydrogen-bond donors (Lipinski definition) is 0. The Bertz CT molecular complexity index is 215. The van der Waals surface area contributed by atoms with Gasteiger partial charge in [-0.2, -0.15) is 0 Å². The van der Waals surface area contributed by atoms with Crippen LogP contribution in [0.5, 0.6) is 0 Å². The molecule has 5 heteroatoms. The second-order valence-electron chi connectivity index (χ2n) is 3.24. The van der Waals surface area contributed by atoms with Crippen molar-refractivity contribution in [3.05, 3.63) is 0 Å². The Labute approximate surface area is 90.3 Å². The summed E-state index contributed by atoms with van der Waals surface area (Å²) >= 11 is 0. The molecule has 0 N–H and O–H groups in total. The molecule has 0 rings (SSSR count). The summed E-state index contributed by atoms with van der Waals surface area (Å²) in [6, 6.07) is -0.566. The van der Waals surface area contributed by atoms with E-state index in [1.807, 2.05) is 0 Å². The summed E-state index contributed by atoms with van der Waals surface area (Å²) in [5.74, 6) is -0.778. The Balaban J connectivity index is 4.27. The van der Waals surface area contributed by atoms with Gasteiger partial charge in [-0.1, -0.05) is 0 Å². The normalized spacial score (nSPS) is 12.3. The van der Waals surface area contributed by atoms with Crippen LogP contribution in [-0.4, -0.2) is 50.2 Å². The Kier molecular flexibility index (Phi) is 6.70. The van der Waals surface area contributed by atoms with Gasteiger partial charge in [-0.25, -0.2) is 0 Å². The zero-order valence-electron chi connectivity index (χ0n) is 9.78. The van der Waals surface area contributed by atoms with Crippen LogP contribution in [-0.2, 0) is 19.1 Å². The topological polar surface area (TPSA) is 55.8 Å². The molecule has 88 valence electrons. The molecule has 0 amide bonds. The Hall–Kier alpha value is -1.10. The number of carbonyl (C=O) groups is 2. The number of esters is 2. The fraction of sp³-hybridized carbons (Fsp3) is 0.800. The van der Waals surface area contributed by atoms with Crippen molar-refractivity contribution in [3.8, 4) is 0 Å². The Morgan fingerprint density at radius 2 is 1.67 bits per heavy atom. The van der Waals surface area contributed by atoms with E-state index in [4.69, 9.17) is 9.47 Å². The van der Waals surface area contributed by atoms with E-state index in [1.165, 1.54) is 0 Å². The van der Waals surface area contributed by atoms with Gasteiger partial charge in [-0.15, -0.1) is 0 Å².